The van der Waals surface area contributed by atoms with Crippen LogP contribution in [0.4, 0.5) is 0 Å². The highest BCUT2D eigenvalue weighted by molar-refractivity contribution is 9.10. The quantitative estimate of drug-likeness (QED) is 0.796. The zero-order chi connectivity index (χ0) is 13.5. The number of rotatable bonds is 6. The average molecular weight is 320 g/mol. The third-order valence-electron chi connectivity index (χ3n) is 3.02. The number of aliphatic hydroxyl groups is 1. The van der Waals surface area contributed by atoms with Crippen molar-refractivity contribution in [2.24, 2.45) is 0 Å². The standard InChI is InChI=1S/C16H18BrNO/c17-15-8-6-14(7-9-15)16(19)10-11-18-12-13-4-2-1-3-5-13/h1-9,16,18-19H,10-12H2. The molecule has 2 aromatic carbocycles. The zero-order valence-electron chi connectivity index (χ0n) is 10.7. The van der Waals surface area contributed by atoms with Crippen LogP contribution < -0.4 is 5.32 Å². The minimum Gasteiger partial charge on any atom is -0.388 e. The van der Waals surface area contributed by atoms with Gasteiger partial charge in [-0.3, -0.25) is 0 Å². The van der Waals surface area contributed by atoms with Crippen LogP contribution in [0.2, 0.25) is 0 Å². The summed E-state index contributed by atoms with van der Waals surface area (Å²) < 4.78 is 1.03. The number of hydrogen-bond donors (Lipinski definition) is 2. The van der Waals surface area contributed by atoms with Crippen molar-refractivity contribution in [2.75, 3.05) is 6.54 Å². The first-order valence-electron chi connectivity index (χ1n) is 6.44. The average Bonchev–Trinajstić information content (AvgIpc) is 2.45. The van der Waals surface area contributed by atoms with Crippen LogP contribution in [0.3, 0.4) is 0 Å². The minimum absolute atomic E-state index is 0.406. The van der Waals surface area contributed by atoms with Crippen LogP contribution in [-0.2, 0) is 6.54 Å². The Labute approximate surface area is 122 Å². The Bertz CT molecular complexity index is 484. The molecule has 3 heteroatoms. The Hall–Kier alpha value is -1.16. The molecule has 0 amide bonds. The van der Waals surface area contributed by atoms with Crippen LogP contribution in [0.5, 0.6) is 0 Å². The van der Waals surface area contributed by atoms with E-state index in [0.717, 1.165) is 23.1 Å². The van der Waals surface area contributed by atoms with Gasteiger partial charge in [0.1, 0.15) is 0 Å². The normalized spacial score (nSPS) is 12.3. The molecule has 0 aliphatic heterocycles. The maximum atomic E-state index is 10.1. The van der Waals surface area contributed by atoms with Gasteiger partial charge in [-0.05, 0) is 36.2 Å². The summed E-state index contributed by atoms with van der Waals surface area (Å²) in [6.07, 6.45) is 0.311. The molecule has 0 heterocycles. The lowest BCUT2D eigenvalue weighted by Gasteiger charge is -2.11. The molecule has 19 heavy (non-hydrogen) atoms. The van der Waals surface area contributed by atoms with Gasteiger partial charge in [0.15, 0.2) is 0 Å². The second-order valence-electron chi connectivity index (χ2n) is 4.52. The zero-order valence-corrected chi connectivity index (χ0v) is 12.3. The molecule has 0 spiro atoms. The maximum absolute atomic E-state index is 10.1. The van der Waals surface area contributed by atoms with E-state index in [4.69, 9.17) is 0 Å². The van der Waals surface area contributed by atoms with E-state index in [0.29, 0.717) is 6.42 Å². The summed E-state index contributed by atoms with van der Waals surface area (Å²) in [6.45, 7) is 1.64. The second kappa shape index (κ2) is 7.43. The van der Waals surface area contributed by atoms with E-state index in [-0.39, 0.29) is 0 Å². The molecule has 2 aromatic rings. The van der Waals surface area contributed by atoms with Crippen LogP contribution in [0.15, 0.2) is 59.1 Å². The van der Waals surface area contributed by atoms with Gasteiger partial charge in [-0.15, -0.1) is 0 Å². The highest BCUT2D eigenvalue weighted by Gasteiger charge is 2.06. The summed E-state index contributed by atoms with van der Waals surface area (Å²) in [5, 5.41) is 13.4. The third kappa shape index (κ3) is 4.78. The van der Waals surface area contributed by atoms with Gasteiger partial charge in [0, 0.05) is 11.0 Å². The van der Waals surface area contributed by atoms with Crippen molar-refractivity contribution in [3.05, 3.63) is 70.2 Å². The molecule has 1 unspecified atom stereocenters. The maximum Gasteiger partial charge on any atom is 0.0802 e. The van der Waals surface area contributed by atoms with Gasteiger partial charge in [0.2, 0.25) is 0 Å². The van der Waals surface area contributed by atoms with Crippen LogP contribution in [0.1, 0.15) is 23.7 Å². The molecule has 100 valence electrons. The van der Waals surface area contributed by atoms with Gasteiger partial charge in [0.25, 0.3) is 0 Å². The molecular weight excluding hydrogens is 302 g/mol. The Morgan fingerprint density at radius 3 is 2.37 bits per heavy atom. The van der Waals surface area contributed by atoms with Gasteiger partial charge in [-0.25, -0.2) is 0 Å². The molecular formula is C16H18BrNO. The molecule has 2 N–H and O–H groups in total. The van der Waals surface area contributed by atoms with Gasteiger partial charge in [-0.1, -0.05) is 58.4 Å². The number of benzene rings is 2. The van der Waals surface area contributed by atoms with Crippen molar-refractivity contribution in [2.45, 2.75) is 19.1 Å². The van der Waals surface area contributed by atoms with E-state index < -0.39 is 6.10 Å². The van der Waals surface area contributed by atoms with E-state index in [1.165, 1.54) is 5.56 Å². The van der Waals surface area contributed by atoms with Gasteiger partial charge in [-0.2, -0.15) is 0 Å². The molecule has 0 fully saturated rings. The van der Waals surface area contributed by atoms with Gasteiger partial charge < -0.3 is 10.4 Å². The fourth-order valence-electron chi connectivity index (χ4n) is 1.92. The summed E-state index contributed by atoms with van der Waals surface area (Å²) in [5.74, 6) is 0. The van der Waals surface area contributed by atoms with Crippen molar-refractivity contribution in [1.82, 2.24) is 5.32 Å². The molecule has 0 aliphatic carbocycles. The van der Waals surface area contributed by atoms with Crippen LogP contribution >= 0.6 is 15.9 Å². The van der Waals surface area contributed by atoms with E-state index >= 15 is 0 Å². The smallest absolute Gasteiger partial charge is 0.0802 e. The summed E-state index contributed by atoms with van der Waals surface area (Å²) in [7, 11) is 0. The van der Waals surface area contributed by atoms with Crippen molar-refractivity contribution in [3.63, 3.8) is 0 Å². The number of halogens is 1. The molecule has 0 radical (unpaired) electrons. The monoisotopic (exact) mass is 319 g/mol. The molecule has 2 rings (SSSR count). The molecule has 0 bridgehead atoms. The minimum atomic E-state index is -0.406. The summed E-state index contributed by atoms with van der Waals surface area (Å²) in [6, 6.07) is 18.1. The molecule has 0 aromatic heterocycles. The largest absolute Gasteiger partial charge is 0.388 e. The molecule has 0 saturated heterocycles. The second-order valence-corrected chi connectivity index (χ2v) is 5.43. The fraction of sp³-hybridized carbons (Fsp3) is 0.250. The molecule has 1 atom stereocenters. The van der Waals surface area contributed by atoms with Gasteiger partial charge in [0.05, 0.1) is 6.10 Å². The number of hydrogen-bond acceptors (Lipinski definition) is 2. The fourth-order valence-corrected chi connectivity index (χ4v) is 2.18. The van der Waals surface area contributed by atoms with Crippen molar-refractivity contribution in [3.8, 4) is 0 Å². The van der Waals surface area contributed by atoms with Crippen molar-refractivity contribution < 1.29 is 5.11 Å². The van der Waals surface area contributed by atoms with Gasteiger partial charge >= 0.3 is 0 Å². The van der Waals surface area contributed by atoms with Crippen molar-refractivity contribution in [1.29, 1.82) is 0 Å². The molecule has 2 nitrogen and oxygen atoms in total. The predicted octanol–water partition coefficient (Wildman–Crippen LogP) is 3.66. The summed E-state index contributed by atoms with van der Waals surface area (Å²) in [5.41, 5.74) is 2.23. The van der Waals surface area contributed by atoms with E-state index in [9.17, 15) is 5.11 Å². The summed E-state index contributed by atoms with van der Waals surface area (Å²) >= 11 is 3.39. The molecule has 0 aliphatic rings. The van der Waals surface area contributed by atoms with Crippen LogP contribution in [-0.4, -0.2) is 11.7 Å². The van der Waals surface area contributed by atoms with E-state index in [1.54, 1.807) is 0 Å². The Morgan fingerprint density at radius 2 is 1.68 bits per heavy atom. The molecule has 0 saturated carbocycles. The Balaban J connectivity index is 1.72. The van der Waals surface area contributed by atoms with Crippen LogP contribution in [0, 0.1) is 0 Å². The Morgan fingerprint density at radius 1 is 1.00 bits per heavy atom. The highest BCUT2D eigenvalue weighted by Crippen LogP contribution is 2.18. The van der Waals surface area contributed by atoms with Crippen molar-refractivity contribution >= 4 is 15.9 Å². The highest BCUT2D eigenvalue weighted by atomic mass is 79.9. The number of aliphatic hydroxyl groups excluding tert-OH is 1. The first-order chi connectivity index (χ1) is 9.25. The van der Waals surface area contributed by atoms with Crippen LogP contribution in [0.25, 0.3) is 0 Å². The lowest BCUT2D eigenvalue weighted by molar-refractivity contribution is 0.166. The SMILES string of the molecule is OC(CCNCc1ccccc1)c1ccc(Br)cc1. The van der Waals surface area contributed by atoms with E-state index in [2.05, 4.69) is 33.4 Å². The third-order valence-corrected chi connectivity index (χ3v) is 3.55. The Kier molecular flexibility index (Phi) is 5.58. The summed E-state index contributed by atoms with van der Waals surface area (Å²) in [4.78, 5) is 0. The first kappa shape index (κ1) is 14.3. The predicted molar refractivity (Wildman–Crippen MR) is 81.9 cm³/mol. The first-order valence-corrected chi connectivity index (χ1v) is 7.23. The lowest BCUT2D eigenvalue weighted by Crippen LogP contribution is -2.17. The topological polar surface area (TPSA) is 32.3 Å². The number of nitrogens with one attached hydrogen (secondary N) is 1. The lowest BCUT2D eigenvalue weighted by atomic mass is 10.1. The van der Waals surface area contributed by atoms with E-state index in [1.807, 2.05) is 42.5 Å².